The number of ether oxygens (including phenoxy) is 1. The van der Waals surface area contributed by atoms with E-state index in [9.17, 15) is 5.11 Å². The number of hydrogen-bond acceptors (Lipinski definition) is 2. The first-order chi connectivity index (χ1) is 10.0. The summed E-state index contributed by atoms with van der Waals surface area (Å²) >= 11 is 0. The second kappa shape index (κ2) is 6.77. The summed E-state index contributed by atoms with van der Waals surface area (Å²) in [6.45, 7) is 8.95. The van der Waals surface area contributed by atoms with Gasteiger partial charge in [-0.25, -0.2) is 0 Å². The van der Waals surface area contributed by atoms with Gasteiger partial charge in [-0.2, -0.15) is 0 Å². The van der Waals surface area contributed by atoms with Crippen LogP contribution in [0.2, 0.25) is 0 Å². The van der Waals surface area contributed by atoms with Crippen LogP contribution >= 0.6 is 0 Å². The molecule has 0 aliphatic heterocycles. The Morgan fingerprint density at radius 2 is 1.62 bits per heavy atom. The van der Waals surface area contributed by atoms with Gasteiger partial charge in [-0.05, 0) is 55.5 Å². The molecular formula is C19H24O2. The van der Waals surface area contributed by atoms with E-state index in [2.05, 4.69) is 32.9 Å². The van der Waals surface area contributed by atoms with Crippen LogP contribution in [-0.2, 0) is 0 Å². The fourth-order valence-electron chi connectivity index (χ4n) is 2.49. The summed E-state index contributed by atoms with van der Waals surface area (Å²) in [5, 5.41) is 10.8. The highest BCUT2D eigenvalue weighted by Crippen LogP contribution is 2.32. The summed E-state index contributed by atoms with van der Waals surface area (Å²) in [6, 6.07) is 11.9. The maximum Gasteiger partial charge on any atom is 0.125 e. The number of aliphatic hydroxyl groups excluding tert-OH is 1. The van der Waals surface area contributed by atoms with Crippen molar-refractivity contribution < 1.29 is 9.84 Å². The lowest BCUT2D eigenvalue weighted by molar-refractivity contribution is 0.210. The van der Waals surface area contributed by atoms with Gasteiger partial charge in [0.15, 0.2) is 0 Å². The minimum Gasteiger partial charge on any atom is -0.493 e. The predicted molar refractivity (Wildman–Crippen MR) is 86.9 cm³/mol. The van der Waals surface area contributed by atoms with Gasteiger partial charge in [0.05, 0.1) is 6.61 Å². The van der Waals surface area contributed by atoms with Gasteiger partial charge >= 0.3 is 0 Å². The summed E-state index contributed by atoms with van der Waals surface area (Å²) < 4.78 is 5.76. The maximum absolute atomic E-state index is 10.8. The SMILES string of the molecule is CCCOc1ccccc1C(O)c1cc(C)c(C)cc1C. The first-order valence-corrected chi connectivity index (χ1v) is 7.52. The second-order valence-corrected chi connectivity index (χ2v) is 5.58. The van der Waals surface area contributed by atoms with Crippen LogP contribution in [0.3, 0.4) is 0 Å². The smallest absolute Gasteiger partial charge is 0.125 e. The van der Waals surface area contributed by atoms with E-state index in [-0.39, 0.29) is 0 Å². The Bertz CT molecular complexity index is 617. The minimum atomic E-state index is -0.655. The zero-order valence-corrected chi connectivity index (χ0v) is 13.3. The first-order valence-electron chi connectivity index (χ1n) is 7.52. The van der Waals surface area contributed by atoms with Gasteiger partial charge in [0.25, 0.3) is 0 Å². The molecule has 0 aliphatic carbocycles. The summed E-state index contributed by atoms with van der Waals surface area (Å²) in [5.41, 5.74) is 5.33. The third-order valence-electron chi connectivity index (χ3n) is 3.85. The number of hydrogen-bond donors (Lipinski definition) is 1. The molecule has 0 saturated carbocycles. The number of aryl methyl sites for hydroxylation is 3. The summed E-state index contributed by atoms with van der Waals surface area (Å²) in [6.07, 6.45) is 0.296. The lowest BCUT2D eigenvalue weighted by Gasteiger charge is -2.19. The van der Waals surface area contributed by atoms with E-state index < -0.39 is 6.10 Å². The van der Waals surface area contributed by atoms with E-state index in [1.165, 1.54) is 11.1 Å². The van der Waals surface area contributed by atoms with Crippen molar-refractivity contribution in [3.05, 3.63) is 64.2 Å². The van der Waals surface area contributed by atoms with E-state index >= 15 is 0 Å². The molecule has 0 aromatic heterocycles. The minimum absolute atomic E-state index is 0.655. The van der Waals surface area contributed by atoms with Crippen LogP contribution in [0.25, 0.3) is 0 Å². The molecule has 2 rings (SSSR count). The third-order valence-corrected chi connectivity index (χ3v) is 3.85. The number of rotatable bonds is 5. The molecule has 112 valence electrons. The van der Waals surface area contributed by atoms with E-state index in [1.54, 1.807) is 0 Å². The molecule has 2 heteroatoms. The molecule has 1 unspecified atom stereocenters. The highest BCUT2D eigenvalue weighted by Gasteiger charge is 2.17. The normalized spacial score (nSPS) is 12.2. The standard InChI is InChI=1S/C19H24O2/c1-5-10-21-18-9-7-6-8-16(18)19(20)17-12-14(3)13(2)11-15(17)4/h6-9,11-12,19-20H,5,10H2,1-4H3. The van der Waals surface area contributed by atoms with Crippen LogP contribution in [0.5, 0.6) is 5.75 Å². The molecule has 2 nitrogen and oxygen atoms in total. The summed E-state index contributed by atoms with van der Waals surface area (Å²) in [5.74, 6) is 0.768. The van der Waals surface area contributed by atoms with Crippen molar-refractivity contribution in [3.8, 4) is 5.75 Å². The molecule has 0 heterocycles. The van der Waals surface area contributed by atoms with Crippen LogP contribution < -0.4 is 4.74 Å². The Morgan fingerprint density at radius 3 is 2.33 bits per heavy atom. The second-order valence-electron chi connectivity index (χ2n) is 5.58. The Morgan fingerprint density at radius 1 is 0.952 bits per heavy atom. The van der Waals surface area contributed by atoms with Crippen molar-refractivity contribution in [3.63, 3.8) is 0 Å². The predicted octanol–water partition coefficient (Wildman–Crippen LogP) is 4.48. The quantitative estimate of drug-likeness (QED) is 0.877. The zero-order valence-electron chi connectivity index (χ0n) is 13.3. The van der Waals surface area contributed by atoms with Gasteiger partial charge < -0.3 is 9.84 Å². The molecule has 0 radical (unpaired) electrons. The van der Waals surface area contributed by atoms with Crippen molar-refractivity contribution >= 4 is 0 Å². The van der Waals surface area contributed by atoms with Gasteiger partial charge in [-0.15, -0.1) is 0 Å². The van der Waals surface area contributed by atoms with E-state index in [4.69, 9.17) is 4.74 Å². The average molecular weight is 284 g/mol. The van der Waals surface area contributed by atoms with Gasteiger partial charge in [-0.1, -0.05) is 37.3 Å². The lowest BCUT2D eigenvalue weighted by atomic mass is 9.93. The molecule has 2 aromatic rings. The fraction of sp³-hybridized carbons (Fsp3) is 0.368. The topological polar surface area (TPSA) is 29.5 Å². The largest absolute Gasteiger partial charge is 0.493 e. The molecule has 1 atom stereocenters. The molecule has 0 fully saturated rings. The Kier molecular flexibility index (Phi) is 5.03. The van der Waals surface area contributed by atoms with Crippen molar-refractivity contribution in [1.82, 2.24) is 0 Å². The molecule has 21 heavy (non-hydrogen) atoms. The molecule has 0 bridgehead atoms. The summed E-state index contributed by atoms with van der Waals surface area (Å²) in [4.78, 5) is 0. The lowest BCUT2D eigenvalue weighted by Crippen LogP contribution is -2.07. The highest BCUT2D eigenvalue weighted by atomic mass is 16.5. The Labute approximate surface area is 127 Å². The van der Waals surface area contributed by atoms with Gasteiger partial charge in [0.1, 0.15) is 11.9 Å². The fourth-order valence-corrected chi connectivity index (χ4v) is 2.49. The summed E-state index contributed by atoms with van der Waals surface area (Å²) in [7, 11) is 0. The van der Waals surface area contributed by atoms with Crippen molar-refractivity contribution in [1.29, 1.82) is 0 Å². The van der Waals surface area contributed by atoms with Crippen molar-refractivity contribution in [2.24, 2.45) is 0 Å². The number of benzene rings is 2. The van der Waals surface area contributed by atoms with Crippen LogP contribution in [0.15, 0.2) is 36.4 Å². The van der Waals surface area contributed by atoms with Gasteiger partial charge in [0, 0.05) is 5.56 Å². The van der Waals surface area contributed by atoms with E-state index in [1.807, 2.05) is 31.2 Å². The van der Waals surface area contributed by atoms with Crippen molar-refractivity contribution in [2.45, 2.75) is 40.2 Å². The highest BCUT2D eigenvalue weighted by molar-refractivity contribution is 5.45. The third kappa shape index (κ3) is 3.45. The van der Waals surface area contributed by atoms with Crippen LogP contribution in [-0.4, -0.2) is 11.7 Å². The van der Waals surface area contributed by atoms with Gasteiger partial charge in [-0.3, -0.25) is 0 Å². The van der Waals surface area contributed by atoms with Crippen LogP contribution in [0.4, 0.5) is 0 Å². The number of para-hydroxylation sites is 1. The van der Waals surface area contributed by atoms with Crippen LogP contribution in [0, 0.1) is 20.8 Å². The van der Waals surface area contributed by atoms with E-state index in [0.29, 0.717) is 6.61 Å². The molecule has 0 spiro atoms. The molecule has 0 aliphatic rings. The van der Waals surface area contributed by atoms with Crippen molar-refractivity contribution in [2.75, 3.05) is 6.61 Å². The van der Waals surface area contributed by atoms with Gasteiger partial charge in [0.2, 0.25) is 0 Å². The Hall–Kier alpha value is -1.80. The average Bonchev–Trinajstić information content (AvgIpc) is 2.48. The maximum atomic E-state index is 10.8. The zero-order chi connectivity index (χ0) is 15.4. The Balaban J connectivity index is 2.40. The first kappa shape index (κ1) is 15.6. The monoisotopic (exact) mass is 284 g/mol. The molecule has 2 aromatic carbocycles. The van der Waals surface area contributed by atoms with E-state index in [0.717, 1.165) is 28.9 Å². The molecular weight excluding hydrogens is 260 g/mol. The molecule has 0 amide bonds. The number of aliphatic hydroxyl groups is 1. The molecule has 0 saturated heterocycles. The van der Waals surface area contributed by atoms with Crippen LogP contribution in [0.1, 0.15) is 47.3 Å². The molecule has 1 N–H and O–H groups in total.